The molecule has 0 spiro atoms. The van der Waals surface area contributed by atoms with Gasteiger partial charge in [0.15, 0.2) is 0 Å². The highest BCUT2D eigenvalue weighted by Gasteiger charge is 2.48. The Labute approximate surface area is 192 Å². The normalized spacial score (nSPS) is 25.1. The molecule has 3 aromatic carbocycles. The number of rotatable bonds is 2. The minimum absolute atomic E-state index is 0. The van der Waals surface area contributed by atoms with E-state index in [0.717, 1.165) is 5.56 Å². The lowest BCUT2D eigenvalue weighted by atomic mass is 9.72. The molecule has 1 aliphatic heterocycles. The molecule has 1 saturated heterocycles. The molecule has 0 radical (unpaired) electrons. The van der Waals surface area contributed by atoms with Crippen LogP contribution in [0.25, 0.3) is 0 Å². The van der Waals surface area contributed by atoms with Crippen molar-refractivity contribution in [2.24, 2.45) is 5.92 Å². The summed E-state index contributed by atoms with van der Waals surface area (Å²) in [4.78, 5) is 0. The van der Waals surface area contributed by atoms with E-state index in [2.05, 4.69) is 86.5 Å². The number of halogens is 1. The minimum Gasteiger partial charge on any atom is -1.00 e. The molecule has 1 heterocycles. The second-order valence-electron chi connectivity index (χ2n) is 8.68. The highest BCUT2D eigenvalue weighted by molar-refractivity contribution is 5.38. The monoisotopic (exact) mass is 431 g/mol. The first-order valence-electron chi connectivity index (χ1n) is 10.7. The number of aryl methyl sites for hydroxylation is 2. The standard InChI is InChI=1S/C28H29NO.ClH/c1-20-9-13-24(14-10-20)26-19-28(30,18-17-23-7-5-4-6-8-23)22(3)27(29-26)25-15-11-21(2)12-16-25;/h4-16,22,26-27,29-30H,19H2,1-3H3;1H. The average Bonchev–Trinajstić information content (AvgIpc) is 2.76. The second-order valence-corrected chi connectivity index (χ2v) is 8.68. The summed E-state index contributed by atoms with van der Waals surface area (Å²) >= 11 is 0. The van der Waals surface area contributed by atoms with E-state index in [1.807, 2.05) is 30.3 Å². The predicted octanol–water partition coefficient (Wildman–Crippen LogP) is 1.48. The third kappa shape index (κ3) is 5.20. The molecule has 0 aliphatic carbocycles. The van der Waals surface area contributed by atoms with E-state index >= 15 is 0 Å². The van der Waals surface area contributed by atoms with E-state index in [0.29, 0.717) is 6.42 Å². The number of quaternary nitrogens is 1. The van der Waals surface area contributed by atoms with Crippen LogP contribution in [0, 0.1) is 31.6 Å². The van der Waals surface area contributed by atoms with Crippen molar-refractivity contribution >= 4 is 0 Å². The molecule has 1 aliphatic rings. The first-order valence-corrected chi connectivity index (χ1v) is 10.7. The van der Waals surface area contributed by atoms with Crippen LogP contribution >= 0.6 is 0 Å². The number of piperidine rings is 1. The summed E-state index contributed by atoms with van der Waals surface area (Å²) in [7, 11) is 0. The van der Waals surface area contributed by atoms with Crippen molar-refractivity contribution < 1.29 is 22.8 Å². The van der Waals surface area contributed by atoms with Crippen molar-refractivity contribution in [3.05, 3.63) is 107 Å². The molecule has 3 N–H and O–H groups in total. The van der Waals surface area contributed by atoms with E-state index in [1.165, 1.54) is 22.3 Å². The lowest BCUT2D eigenvalue weighted by Gasteiger charge is -2.42. The molecule has 160 valence electrons. The number of aliphatic hydroxyl groups is 1. The van der Waals surface area contributed by atoms with Crippen molar-refractivity contribution in [1.29, 1.82) is 0 Å². The molecule has 1 fully saturated rings. The number of nitrogens with two attached hydrogens (primary N) is 1. The third-order valence-corrected chi connectivity index (χ3v) is 6.43. The molecule has 0 bridgehead atoms. The van der Waals surface area contributed by atoms with Crippen molar-refractivity contribution in [3.63, 3.8) is 0 Å². The molecular formula is C28H30ClNO. The Hall–Kier alpha value is -2.57. The van der Waals surface area contributed by atoms with Gasteiger partial charge in [0, 0.05) is 23.1 Å². The molecule has 0 amide bonds. The summed E-state index contributed by atoms with van der Waals surface area (Å²) in [6.07, 6.45) is 0.611. The molecule has 0 aromatic heterocycles. The first kappa shape index (κ1) is 23.1. The van der Waals surface area contributed by atoms with Gasteiger partial charge >= 0.3 is 0 Å². The summed E-state index contributed by atoms with van der Waals surface area (Å²) in [5.74, 6) is 6.50. The Bertz CT molecular complexity index is 1050. The molecule has 0 saturated carbocycles. The van der Waals surface area contributed by atoms with Gasteiger partial charge in [0.05, 0.1) is 5.92 Å². The van der Waals surface area contributed by atoms with Crippen LogP contribution in [0.15, 0.2) is 78.9 Å². The van der Waals surface area contributed by atoms with Crippen molar-refractivity contribution in [3.8, 4) is 11.8 Å². The molecule has 4 atom stereocenters. The molecule has 3 heteroatoms. The second kappa shape index (κ2) is 9.71. The fourth-order valence-corrected chi connectivity index (χ4v) is 4.40. The quantitative estimate of drug-likeness (QED) is 0.592. The van der Waals surface area contributed by atoms with Crippen LogP contribution in [0.1, 0.15) is 53.2 Å². The van der Waals surface area contributed by atoms with Crippen LogP contribution in [-0.4, -0.2) is 10.7 Å². The fraction of sp³-hybridized carbons (Fsp3) is 0.286. The van der Waals surface area contributed by atoms with Gasteiger partial charge in [0.2, 0.25) is 0 Å². The van der Waals surface area contributed by atoms with E-state index in [4.69, 9.17) is 0 Å². The Morgan fingerprint density at radius 1 is 0.839 bits per heavy atom. The van der Waals surface area contributed by atoms with Gasteiger partial charge in [-0.1, -0.05) is 96.6 Å². The van der Waals surface area contributed by atoms with Gasteiger partial charge < -0.3 is 22.8 Å². The third-order valence-electron chi connectivity index (χ3n) is 6.43. The summed E-state index contributed by atoms with van der Waals surface area (Å²) in [6.45, 7) is 6.34. The minimum atomic E-state index is -1.06. The fourth-order valence-electron chi connectivity index (χ4n) is 4.40. The molecular weight excluding hydrogens is 402 g/mol. The van der Waals surface area contributed by atoms with Crippen LogP contribution < -0.4 is 17.7 Å². The van der Waals surface area contributed by atoms with Gasteiger partial charge in [-0.3, -0.25) is 0 Å². The van der Waals surface area contributed by atoms with Gasteiger partial charge in [-0.25, -0.2) is 0 Å². The van der Waals surface area contributed by atoms with Crippen LogP contribution in [-0.2, 0) is 0 Å². The van der Waals surface area contributed by atoms with Gasteiger partial charge in [-0.05, 0) is 26.0 Å². The highest BCUT2D eigenvalue weighted by Crippen LogP contribution is 2.38. The summed E-state index contributed by atoms with van der Waals surface area (Å²) < 4.78 is 0. The Morgan fingerprint density at radius 3 is 1.97 bits per heavy atom. The lowest BCUT2D eigenvalue weighted by Crippen LogP contribution is -3.00. The van der Waals surface area contributed by atoms with Crippen LogP contribution in [0.2, 0.25) is 0 Å². The zero-order chi connectivity index (χ0) is 21.1. The zero-order valence-corrected chi connectivity index (χ0v) is 19.1. The maximum Gasteiger partial charge on any atom is 0.140 e. The van der Waals surface area contributed by atoms with E-state index in [9.17, 15) is 5.11 Å². The van der Waals surface area contributed by atoms with Gasteiger partial charge in [-0.2, -0.15) is 0 Å². The summed E-state index contributed by atoms with van der Waals surface area (Å²) in [5.41, 5.74) is 4.85. The maximum atomic E-state index is 11.8. The molecule has 4 unspecified atom stereocenters. The molecule has 3 aromatic rings. The Morgan fingerprint density at radius 2 is 1.39 bits per heavy atom. The zero-order valence-electron chi connectivity index (χ0n) is 18.3. The average molecular weight is 432 g/mol. The first-order chi connectivity index (χ1) is 14.4. The maximum absolute atomic E-state index is 11.8. The van der Waals surface area contributed by atoms with Crippen LogP contribution in [0.4, 0.5) is 0 Å². The van der Waals surface area contributed by atoms with E-state index in [-0.39, 0.29) is 30.4 Å². The van der Waals surface area contributed by atoms with Crippen LogP contribution in [0.3, 0.4) is 0 Å². The molecule has 2 nitrogen and oxygen atoms in total. The summed E-state index contributed by atoms with van der Waals surface area (Å²) in [6, 6.07) is 27.6. The highest BCUT2D eigenvalue weighted by atomic mass is 35.5. The predicted molar refractivity (Wildman–Crippen MR) is 122 cm³/mol. The van der Waals surface area contributed by atoms with Gasteiger partial charge in [0.25, 0.3) is 0 Å². The SMILES string of the molecule is Cc1ccc(C2CC(O)(C#Cc3ccccc3)C(C)C(c3ccc(C)cc3)[NH2+]2)cc1.[Cl-]. The van der Waals surface area contributed by atoms with Crippen molar-refractivity contribution in [2.45, 2.75) is 44.9 Å². The van der Waals surface area contributed by atoms with E-state index in [1.54, 1.807) is 0 Å². The van der Waals surface area contributed by atoms with Gasteiger partial charge in [0.1, 0.15) is 17.7 Å². The van der Waals surface area contributed by atoms with Crippen molar-refractivity contribution in [1.82, 2.24) is 0 Å². The smallest absolute Gasteiger partial charge is 0.140 e. The number of hydrogen-bond acceptors (Lipinski definition) is 1. The largest absolute Gasteiger partial charge is 1.00 e. The van der Waals surface area contributed by atoms with Crippen LogP contribution in [0.5, 0.6) is 0 Å². The lowest BCUT2D eigenvalue weighted by molar-refractivity contribution is -0.755. The van der Waals surface area contributed by atoms with Gasteiger partial charge in [-0.15, -0.1) is 0 Å². The topological polar surface area (TPSA) is 36.8 Å². The van der Waals surface area contributed by atoms with E-state index < -0.39 is 5.60 Å². The Kier molecular flexibility index (Phi) is 7.23. The molecule has 31 heavy (non-hydrogen) atoms. The number of benzene rings is 3. The van der Waals surface area contributed by atoms with Crippen molar-refractivity contribution in [2.75, 3.05) is 0 Å². The summed E-state index contributed by atoms with van der Waals surface area (Å²) in [5, 5.41) is 14.2. The number of hydrogen-bond donors (Lipinski definition) is 2. The molecule has 4 rings (SSSR count). The Balaban J connectivity index is 0.00000272.